The molecule has 6 N–H and O–H groups in total. The smallest absolute Gasteiger partial charge is 0.124 e. The van der Waals surface area contributed by atoms with Crippen LogP contribution in [0, 0.1) is 0 Å². The summed E-state index contributed by atoms with van der Waals surface area (Å²) in [5.41, 5.74) is 15.7. The molecule has 22 heavy (non-hydrogen) atoms. The Kier molecular flexibility index (Phi) is 5.53. The monoisotopic (exact) mass is 299 g/mol. The van der Waals surface area contributed by atoms with Crippen molar-refractivity contribution in [1.29, 1.82) is 0 Å². The van der Waals surface area contributed by atoms with Gasteiger partial charge in [-0.25, -0.2) is 0 Å². The highest BCUT2D eigenvalue weighted by atomic mass is 16.3. The molecule has 0 bridgehead atoms. The lowest BCUT2D eigenvalue weighted by atomic mass is 9.92. The lowest BCUT2D eigenvalue weighted by molar-refractivity contribution is 0.473. The molecule has 1 aromatic rings. The quantitative estimate of drug-likeness (QED) is 0.630. The van der Waals surface area contributed by atoms with Gasteiger partial charge in [-0.05, 0) is 56.4 Å². The number of hydrogen-bond donors (Lipinski definition) is 4. The van der Waals surface area contributed by atoms with Crippen LogP contribution in [0.3, 0.4) is 0 Å². The summed E-state index contributed by atoms with van der Waals surface area (Å²) in [6.45, 7) is 2.77. The molecular weight excluding hydrogens is 274 g/mol. The van der Waals surface area contributed by atoms with Gasteiger partial charge in [-0.2, -0.15) is 0 Å². The van der Waals surface area contributed by atoms with Gasteiger partial charge >= 0.3 is 0 Å². The Labute approximate surface area is 132 Å². The Morgan fingerprint density at radius 2 is 2.05 bits per heavy atom. The fourth-order valence-electron chi connectivity index (χ4n) is 2.66. The predicted molar refractivity (Wildman–Crippen MR) is 91.7 cm³/mol. The summed E-state index contributed by atoms with van der Waals surface area (Å²) in [7, 11) is 0. The first kappa shape index (κ1) is 16.0. The van der Waals surface area contributed by atoms with Gasteiger partial charge in [-0.15, -0.1) is 0 Å². The maximum atomic E-state index is 9.95. The maximum Gasteiger partial charge on any atom is 0.124 e. The average molecular weight is 299 g/mol. The summed E-state index contributed by atoms with van der Waals surface area (Å²) in [6.07, 6.45) is 8.56. The van der Waals surface area contributed by atoms with Crippen LogP contribution in [0.2, 0.25) is 0 Å². The highest BCUT2D eigenvalue weighted by molar-refractivity contribution is 5.71. The normalized spacial score (nSPS) is 16.8. The number of aromatic hydroxyl groups is 1. The van der Waals surface area contributed by atoms with Crippen molar-refractivity contribution in [3.8, 4) is 5.75 Å². The van der Waals surface area contributed by atoms with E-state index in [9.17, 15) is 5.11 Å². The van der Waals surface area contributed by atoms with Gasteiger partial charge in [0.25, 0.3) is 0 Å². The Morgan fingerprint density at radius 3 is 2.68 bits per heavy atom. The lowest BCUT2D eigenvalue weighted by Gasteiger charge is -2.18. The van der Waals surface area contributed by atoms with Gasteiger partial charge in [0, 0.05) is 23.4 Å². The van der Waals surface area contributed by atoms with Gasteiger partial charge in [0.15, 0.2) is 0 Å². The van der Waals surface area contributed by atoms with Crippen molar-refractivity contribution < 1.29 is 5.11 Å². The number of hydrogen-bond acceptors (Lipinski definition) is 4. The number of allylic oxidation sites excluding steroid dienone is 4. The third kappa shape index (κ3) is 3.85. The Bertz CT molecular complexity index is 615. The topological polar surface area (TPSA) is 84.3 Å². The third-order valence-corrected chi connectivity index (χ3v) is 3.81. The Hall–Kier alpha value is -2.36. The molecule has 0 aromatic heterocycles. The van der Waals surface area contributed by atoms with Crippen molar-refractivity contribution in [1.82, 2.24) is 5.32 Å². The molecule has 0 atom stereocenters. The van der Waals surface area contributed by atoms with E-state index in [4.69, 9.17) is 11.5 Å². The molecule has 2 rings (SSSR count). The molecular formula is C18H25N3O. The van der Waals surface area contributed by atoms with E-state index >= 15 is 0 Å². The van der Waals surface area contributed by atoms with E-state index < -0.39 is 0 Å². The van der Waals surface area contributed by atoms with Gasteiger partial charge in [0.2, 0.25) is 0 Å². The molecule has 0 unspecified atom stereocenters. The Morgan fingerprint density at radius 1 is 1.27 bits per heavy atom. The minimum atomic E-state index is 0.176. The van der Waals surface area contributed by atoms with Crippen LogP contribution in [0.25, 0.3) is 5.70 Å². The molecule has 0 amide bonds. The van der Waals surface area contributed by atoms with Crippen LogP contribution in [0.5, 0.6) is 5.75 Å². The second-order valence-corrected chi connectivity index (χ2v) is 5.45. The zero-order chi connectivity index (χ0) is 15.9. The predicted octanol–water partition coefficient (Wildman–Crippen LogP) is 2.97. The summed E-state index contributed by atoms with van der Waals surface area (Å²) in [4.78, 5) is 0. The van der Waals surface area contributed by atoms with Gasteiger partial charge in [0.05, 0.1) is 0 Å². The first-order valence-electron chi connectivity index (χ1n) is 7.82. The number of rotatable bonds is 5. The van der Waals surface area contributed by atoms with Crippen LogP contribution in [0.4, 0.5) is 0 Å². The zero-order valence-corrected chi connectivity index (χ0v) is 13.1. The van der Waals surface area contributed by atoms with Gasteiger partial charge in [-0.3, -0.25) is 0 Å². The van der Waals surface area contributed by atoms with E-state index in [1.165, 1.54) is 18.4 Å². The van der Waals surface area contributed by atoms with Gasteiger partial charge < -0.3 is 21.9 Å². The largest absolute Gasteiger partial charge is 0.507 e. The van der Waals surface area contributed by atoms with Crippen molar-refractivity contribution in [3.05, 3.63) is 58.9 Å². The van der Waals surface area contributed by atoms with Crippen molar-refractivity contribution in [2.75, 3.05) is 6.54 Å². The van der Waals surface area contributed by atoms with E-state index in [0.717, 1.165) is 25.0 Å². The fraction of sp³-hybridized carbons (Fsp3) is 0.333. The molecule has 0 saturated heterocycles. The molecule has 118 valence electrons. The highest BCUT2D eigenvalue weighted by Gasteiger charge is 2.12. The Balaban J connectivity index is 2.42. The molecule has 0 aliphatic heterocycles. The summed E-state index contributed by atoms with van der Waals surface area (Å²) >= 11 is 0. The van der Waals surface area contributed by atoms with Crippen LogP contribution in [0.15, 0.2) is 53.4 Å². The molecule has 1 aliphatic carbocycles. The second kappa shape index (κ2) is 7.59. The SMILES string of the molecule is CCN/C(N)=C(/C=C(\N)c1ccccc1O)C1=CCCCC1. The summed E-state index contributed by atoms with van der Waals surface area (Å²) in [5, 5.41) is 13.1. The van der Waals surface area contributed by atoms with Crippen LogP contribution in [-0.2, 0) is 0 Å². The molecule has 0 fully saturated rings. The summed E-state index contributed by atoms with van der Waals surface area (Å²) < 4.78 is 0. The molecule has 4 nitrogen and oxygen atoms in total. The van der Waals surface area contributed by atoms with Crippen LogP contribution >= 0.6 is 0 Å². The number of benzene rings is 1. The van der Waals surface area contributed by atoms with Crippen molar-refractivity contribution in [2.24, 2.45) is 11.5 Å². The number of para-hydroxylation sites is 1. The minimum absolute atomic E-state index is 0.176. The van der Waals surface area contributed by atoms with E-state index in [2.05, 4.69) is 11.4 Å². The first-order chi connectivity index (χ1) is 10.6. The van der Waals surface area contributed by atoms with Crippen LogP contribution < -0.4 is 16.8 Å². The number of phenolic OH excluding ortho intramolecular Hbond substituents is 1. The van der Waals surface area contributed by atoms with E-state index in [0.29, 0.717) is 17.1 Å². The van der Waals surface area contributed by atoms with Crippen LogP contribution in [0.1, 0.15) is 38.2 Å². The summed E-state index contributed by atoms with van der Waals surface area (Å²) in [5.74, 6) is 0.810. The van der Waals surface area contributed by atoms with E-state index in [1.807, 2.05) is 19.1 Å². The van der Waals surface area contributed by atoms with E-state index in [-0.39, 0.29) is 5.75 Å². The first-order valence-corrected chi connectivity index (χ1v) is 7.82. The summed E-state index contributed by atoms with van der Waals surface area (Å²) in [6, 6.07) is 7.07. The lowest BCUT2D eigenvalue weighted by Crippen LogP contribution is -2.22. The minimum Gasteiger partial charge on any atom is -0.507 e. The number of nitrogens with two attached hydrogens (primary N) is 2. The third-order valence-electron chi connectivity index (χ3n) is 3.81. The molecule has 0 heterocycles. The van der Waals surface area contributed by atoms with Crippen LogP contribution in [-0.4, -0.2) is 11.7 Å². The highest BCUT2D eigenvalue weighted by Crippen LogP contribution is 2.28. The standard InChI is InChI=1S/C18H25N3O/c1-2-21-18(20)15(13-8-4-3-5-9-13)12-16(19)14-10-6-7-11-17(14)22/h6-8,10-12,21-22H,2-5,9,19-20H2,1H3/b16-12-,18-15-. The van der Waals surface area contributed by atoms with E-state index in [1.54, 1.807) is 18.2 Å². The molecule has 0 spiro atoms. The van der Waals surface area contributed by atoms with Gasteiger partial charge in [0.1, 0.15) is 11.6 Å². The average Bonchev–Trinajstić information content (AvgIpc) is 2.54. The molecule has 0 saturated carbocycles. The fourth-order valence-corrected chi connectivity index (χ4v) is 2.66. The zero-order valence-electron chi connectivity index (χ0n) is 13.1. The second-order valence-electron chi connectivity index (χ2n) is 5.45. The maximum absolute atomic E-state index is 9.95. The van der Waals surface area contributed by atoms with Crippen molar-refractivity contribution in [3.63, 3.8) is 0 Å². The van der Waals surface area contributed by atoms with Crippen molar-refractivity contribution in [2.45, 2.75) is 32.6 Å². The van der Waals surface area contributed by atoms with Crippen molar-refractivity contribution >= 4 is 5.70 Å². The number of nitrogens with one attached hydrogen (secondary N) is 1. The molecule has 4 heteroatoms. The molecule has 1 aliphatic rings. The van der Waals surface area contributed by atoms with Gasteiger partial charge in [-0.1, -0.05) is 18.2 Å². The molecule has 1 aromatic carbocycles. The molecule has 0 radical (unpaired) electrons. The number of phenols is 1.